The van der Waals surface area contributed by atoms with Crippen LogP contribution in [-0.2, 0) is 0 Å². The van der Waals surface area contributed by atoms with Gasteiger partial charge in [-0.3, -0.25) is 0 Å². The quantitative estimate of drug-likeness (QED) is 0.808. The van der Waals surface area contributed by atoms with E-state index in [1.807, 2.05) is 0 Å². The van der Waals surface area contributed by atoms with Crippen LogP contribution in [0.4, 0.5) is 0 Å². The first-order valence-corrected chi connectivity index (χ1v) is 8.03. The Morgan fingerprint density at radius 1 is 1.22 bits per heavy atom. The summed E-state index contributed by atoms with van der Waals surface area (Å²) in [6.07, 6.45) is 10.1. The Morgan fingerprint density at radius 2 is 1.94 bits per heavy atom. The van der Waals surface area contributed by atoms with Gasteiger partial charge in [-0.05, 0) is 57.0 Å². The van der Waals surface area contributed by atoms with Gasteiger partial charge in [-0.25, -0.2) is 0 Å². The number of hydrogen-bond acceptors (Lipinski definition) is 2. The monoisotopic (exact) mass is 252 g/mol. The summed E-state index contributed by atoms with van der Waals surface area (Å²) in [6, 6.07) is 0.733. The smallest absolute Gasteiger partial charge is 0.0192 e. The fraction of sp³-hybridized carbons (Fsp3) is 1.00. The number of piperidine rings is 1. The molecule has 1 N–H and O–H groups in total. The fourth-order valence-corrected chi connectivity index (χ4v) is 4.33. The van der Waals surface area contributed by atoms with Gasteiger partial charge in [0.2, 0.25) is 0 Å². The number of rotatable bonds is 5. The molecular formula is C16H32N2. The van der Waals surface area contributed by atoms with Crippen LogP contribution in [-0.4, -0.2) is 37.6 Å². The van der Waals surface area contributed by atoms with Gasteiger partial charge in [-0.15, -0.1) is 0 Å². The highest BCUT2D eigenvalue weighted by molar-refractivity contribution is 4.90. The largest absolute Gasteiger partial charge is 0.316 e. The molecule has 1 heterocycles. The van der Waals surface area contributed by atoms with Crippen molar-refractivity contribution in [2.24, 2.45) is 11.3 Å². The maximum Gasteiger partial charge on any atom is 0.0192 e. The summed E-state index contributed by atoms with van der Waals surface area (Å²) in [4.78, 5) is 2.75. The normalized spacial score (nSPS) is 29.0. The number of nitrogens with one attached hydrogen (secondary N) is 1. The summed E-state index contributed by atoms with van der Waals surface area (Å²) in [5.41, 5.74) is 0.657. The average molecular weight is 252 g/mol. The number of nitrogens with zero attached hydrogens (tertiary/aromatic N) is 1. The third-order valence-electron chi connectivity index (χ3n) is 4.98. The van der Waals surface area contributed by atoms with Gasteiger partial charge in [0.25, 0.3) is 0 Å². The molecule has 0 aromatic heterocycles. The van der Waals surface area contributed by atoms with Crippen molar-refractivity contribution in [3.63, 3.8) is 0 Å². The van der Waals surface area contributed by atoms with Crippen molar-refractivity contribution in [2.75, 3.05) is 26.7 Å². The first-order chi connectivity index (χ1) is 8.63. The number of likely N-dealkylation sites (tertiary alicyclic amines) is 1. The van der Waals surface area contributed by atoms with Crippen LogP contribution in [0.1, 0.15) is 58.8 Å². The maximum absolute atomic E-state index is 3.47. The molecule has 1 saturated heterocycles. The van der Waals surface area contributed by atoms with Crippen LogP contribution in [0.15, 0.2) is 0 Å². The predicted octanol–water partition coefficient (Wildman–Crippen LogP) is 3.28. The van der Waals surface area contributed by atoms with E-state index in [4.69, 9.17) is 0 Å². The highest BCUT2D eigenvalue weighted by Crippen LogP contribution is 2.44. The van der Waals surface area contributed by atoms with E-state index in [0.717, 1.165) is 12.0 Å². The molecule has 0 aromatic carbocycles. The Morgan fingerprint density at radius 3 is 2.56 bits per heavy atom. The minimum absolute atomic E-state index is 0.657. The minimum atomic E-state index is 0.657. The lowest BCUT2D eigenvalue weighted by Gasteiger charge is -2.40. The van der Waals surface area contributed by atoms with Crippen LogP contribution in [0.25, 0.3) is 0 Å². The van der Waals surface area contributed by atoms with Crippen molar-refractivity contribution in [3.05, 3.63) is 0 Å². The molecule has 0 spiro atoms. The van der Waals surface area contributed by atoms with E-state index in [0.29, 0.717) is 5.41 Å². The van der Waals surface area contributed by atoms with Crippen molar-refractivity contribution < 1.29 is 0 Å². The van der Waals surface area contributed by atoms with E-state index in [9.17, 15) is 0 Å². The zero-order chi connectivity index (χ0) is 13.0. The van der Waals surface area contributed by atoms with E-state index < -0.39 is 0 Å². The zero-order valence-corrected chi connectivity index (χ0v) is 12.7. The molecular weight excluding hydrogens is 220 g/mol. The summed E-state index contributed by atoms with van der Waals surface area (Å²) < 4.78 is 0. The van der Waals surface area contributed by atoms with Gasteiger partial charge in [-0.1, -0.05) is 26.7 Å². The van der Waals surface area contributed by atoms with Gasteiger partial charge in [0, 0.05) is 19.1 Å². The van der Waals surface area contributed by atoms with Crippen molar-refractivity contribution in [1.29, 1.82) is 0 Å². The van der Waals surface area contributed by atoms with E-state index in [1.54, 1.807) is 0 Å². The third kappa shape index (κ3) is 3.71. The molecule has 0 amide bonds. The molecule has 1 atom stereocenters. The van der Waals surface area contributed by atoms with E-state index in [2.05, 4.69) is 31.1 Å². The molecule has 1 unspecified atom stereocenters. The van der Waals surface area contributed by atoms with E-state index in [-0.39, 0.29) is 0 Å². The molecule has 2 nitrogen and oxygen atoms in total. The molecule has 106 valence electrons. The molecule has 18 heavy (non-hydrogen) atoms. The van der Waals surface area contributed by atoms with Crippen LogP contribution < -0.4 is 5.32 Å². The van der Waals surface area contributed by atoms with Crippen molar-refractivity contribution in [1.82, 2.24) is 10.2 Å². The molecule has 1 saturated carbocycles. The predicted molar refractivity (Wildman–Crippen MR) is 78.9 cm³/mol. The Kier molecular flexibility index (Phi) is 5.08. The highest BCUT2D eigenvalue weighted by Gasteiger charge is 2.36. The molecule has 2 rings (SSSR count). The molecule has 2 heteroatoms. The Hall–Kier alpha value is -0.0800. The Bertz CT molecular complexity index is 243. The summed E-state index contributed by atoms with van der Waals surface area (Å²) in [7, 11) is 2.12. The standard InChI is InChI=1S/C16H32N2/c1-14(2)11-16(8-4-5-9-16)13-18-10-6-7-15(12-18)17-3/h14-15,17H,4-13H2,1-3H3. The molecule has 2 fully saturated rings. The first-order valence-electron chi connectivity index (χ1n) is 8.03. The third-order valence-corrected chi connectivity index (χ3v) is 4.98. The topological polar surface area (TPSA) is 15.3 Å². The maximum atomic E-state index is 3.47. The van der Waals surface area contributed by atoms with Gasteiger partial charge in [0.1, 0.15) is 0 Å². The average Bonchev–Trinajstić information content (AvgIpc) is 2.76. The lowest BCUT2D eigenvalue weighted by atomic mass is 9.77. The number of likely N-dealkylation sites (N-methyl/N-ethyl adjacent to an activating group) is 1. The molecule has 0 bridgehead atoms. The van der Waals surface area contributed by atoms with Crippen molar-refractivity contribution >= 4 is 0 Å². The summed E-state index contributed by atoms with van der Waals surface area (Å²) in [5.74, 6) is 0.855. The summed E-state index contributed by atoms with van der Waals surface area (Å²) >= 11 is 0. The SMILES string of the molecule is CNC1CCCN(CC2(CC(C)C)CCCC2)C1. The Balaban J connectivity index is 1.92. The lowest BCUT2D eigenvalue weighted by Crippen LogP contribution is -2.48. The molecule has 2 aliphatic rings. The second-order valence-corrected chi connectivity index (χ2v) is 7.17. The molecule has 0 aromatic rings. The van der Waals surface area contributed by atoms with Crippen LogP contribution in [0.3, 0.4) is 0 Å². The second-order valence-electron chi connectivity index (χ2n) is 7.17. The van der Waals surface area contributed by atoms with Crippen LogP contribution in [0.2, 0.25) is 0 Å². The second kappa shape index (κ2) is 6.38. The van der Waals surface area contributed by atoms with Crippen molar-refractivity contribution in [2.45, 2.75) is 64.8 Å². The summed E-state index contributed by atoms with van der Waals surface area (Å²) in [5, 5.41) is 3.47. The molecule has 0 radical (unpaired) electrons. The Labute approximate surface area is 114 Å². The van der Waals surface area contributed by atoms with E-state index in [1.165, 1.54) is 64.6 Å². The minimum Gasteiger partial charge on any atom is -0.316 e. The van der Waals surface area contributed by atoms with Crippen LogP contribution in [0, 0.1) is 11.3 Å². The van der Waals surface area contributed by atoms with Gasteiger partial charge < -0.3 is 10.2 Å². The van der Waals surface area contributed by atoms with Gasteiger partial charge in [0.15, 0.2) is 0 Å². The first kappa shape index (κ1) is 14.3. The van der Waals surface area contributed by atoms with Crippen LogP contribution in [0.5, 0.6) is 0 Å². The summed E-state index contributed by atoms with van der Waals surface area (Å²) in [6.45, 7) is 8.76. The number of hydrogen-bond donors (Lipinski definition) is 1. The van der Waals surface area contributed by atoms with E-state index >= 15 is 0 Å². The van der Waals surface area contributed by atoms with Crippen LogP contribution >= 0.6 is 0 Å². The highest BCUT2D eigenvalue weighted by atomic mass is 15.2. The van der Waals surface area contributed by atoms with Crippen molar-refractivity contribution in [3.8, 4) is 0 Å². The van der Waals surface area contributed by atoms with Gasteiger partial charge in [0.05, 0.1) is 0 Å². The lowest BCUT2D eigenvalue weighted by molar-refractivity contribution is 0.0998. The van der Waals surface area contributed by atoms with Gasteiger partial charge in [-0.2, -0.15) is 0 Å². The van der Waals surface area contributed by atoms with Gasteiger partial charge >= 0.3 is 0 Å². The molecule has 1 aliphatic carbocycles. The molecule has 1 aliphatic heterocycles. The zero-order valence-electron chi connectivity index (χ0n) is 12.7. The fourth-order valence-electron chi connectivity index (χ4n) is 4.33.